The molecule has 0 unspecified atom stereocenters. The summed E-state index contributed by atoms with van der Waals surface area (Å²) < 4.78 is 35.1. The minimum Gasteiger partial charge on any atom is -0.455 e. The number of rotatable bonds is 10. The van der Waals surface area contributed by atoms with Crippen LogP contribution in [0, 0.1) is 27.7 Å². The maximum atomic E-state index is 7.41. The predicted octanol–water partition coefficient (Wildman–Crippen LogP) is 14.1. The summed E-state index contributed by atoms with van der Waals surface area (Å²) in [5.41, 5.74) is 8.28. The van der Waals surface area contributed by atoms with Gasteiger partial charge in [0.25, 0.3) is 0 Å². The van der Waals surface area contributed by atoms with Crippen LogP contribution in [0.15, 0.2) is 121 Å². The van der Waals surface area contributed by atoms with Gasteiger partial charge in [0, 0.05) is 16.5 Å². The molecule has 1 heterocycles. The lowest BCUT2D eigenvalue weighted by Crippen LogP contribution is -2.33. The first kappa shape index (κ1) is 41.3. The van der Waals surface area contributed by atoms with E-state index in [1.54, 1.807) is 0 Å². The highest BCUT2D eigenvalue weighted by Gasteiger charge is 2.43. The van der Waals surface area contributed by atoms with Crippen molar-refractivity contribution in [2.75, 3.05) is 0 Å². The fourth-order valence-corrected chi connectivity index (χ4v) is 9.64. The molecular formula is C51H56O5P2. The minimum atomic E-state index is -1.75. The molecule has 0 N–H and O–H groups in total. The van der Waals surface area contributed by atoms with Gasteiger partial charge in [-0.15, -0.1) is 0 Å². The van der Waals surface area contributed by atoms with E-state index in [2.05, 4.69) is 156 Å². The molecule has 0 radical (unpaired) electrons. The summed E-state index contributed by atoms with van der Waals surface area (Å²) in [5, 5.41) is 1.73. The third-order valence-corrected chi connectivity index (χ3v) is 13.6. The fraction of sp³-hybridized carbons (Fsp3) is 0.294. The van der Waals surface area contributed by atoms with Crippen molar-refractivity contribution in [2.45, 2.75) is 99.3 Å². The smallest absolute Gasteiger partial charge is 0.330 e. The molecular weight excluding hydrogens is 755 g/mol. The third kappa shape index (κ3) is 9.07. The Bertz CT molecular complexity index is 2120. The number of hydrogen-bond donors (Lipinski definition) is 0. The second-order valence-corrected chi connectivity index (χ2v) is 20.8. The molecule has 0 aliphatic carbocycles. The van der Waals surface area contributed by atoms with Crippen LogP contribution in [0.4, 0.5) is 0 Å². The number of aryl methyl sites for hydroxylation is 4. The Hall–Kier alpha value is -4.82. The van der Waals surface area contributed by atoms with Gasteiger partial charge in [-0.2, -0.15) is 0 Å². The predicted molar refractivity (Wildman–Crippen MR) is 243 cm³/mol. The van der Waals surface area contributed by atoms with Crippen molar-refractivity contribution in [2.24, 2.45) is 0 Å². The standard InChI is InChI=1S/C51H56O5P2/c1-33-13-21-39(22-14-33)53-57(54-40-23-15-34(2)16-24-40)45-31-37(49(5,6)7)29-43-47(45)52-48-44(51(43,11)12)30-38(50(8,9)10)32-46(48)58(55-41-25-17-35(3)18-26-41)56-42-27-19-36(4)20-28-42/h13-32H,1-12H3. The third-order valence-electron chi connectivity index (χ3n) is 10.7. The first-order valence-electron chi connectivity index (χ1n) is 20.0. The summed E-state index contributed by atoms with van der Waals surface area (Å²) in [7, 11) is -3.51. The summed E-state index contributed by atoms with van der Waals surface area (Å²) in [4.78, 5) is 0. The van der Waals surface area contributed by atoms with Crippen LogP contribution >= 0.6 is 16.8 Å². The number of hydrogen-bond acceptors (Lipinski definition) is 5. The Morgan fingerprint density at radius 3 is 0.914 bits per heavy atom. The van der Waals surface area contributed by atoms with E-state index in [1.165, 1.54) is 11.1 Å². The van der Waals surface area contributed by atoms with E-state index in [0.29, 0.717) is 0 Å². The first-order chi connectivity index (χ1) is 27.3. The lowest BCUT2D eigenvalue weighted by molar-refractivity contribution is 0.417. The Balaban J connectivity index is 1.46. The van der Waals surface area contributed by atoms with Crippen molar-refractivity contribution in [3.8, 4) is 34.5 Å². The fourth-order valence-electron chi connectivity index (χ4n) is 6.77. The Morgan fingerprint density at radius 1 is 0.414 bits per heavy atom. The van der Waals surface area contributed by atoms with E-state index in [4.69, 9.17) is 22.8 Å². The van der Waals surface area contributed by atoms with Gasteiger partial charge in [-0.05, 0) is 110 Å². The number of ether oxygens (including phenoxy) is 1. The number of benzene rings is 6. The molecule has 0 spiro atoms. The van der Waals surface area contributed by atoms with Crippen molar-refractivity contribution < 1.29 is 22.8 Å². The molecule has 0 fully saturated rings. The zero-order chi connectivity index (χ0) is 41.6. The van der Waals surface area contributed by atoms with Crippen LogP contribution in [-0.4, -0.2) is 0 Å². The summed E-state index contributed by atoms with van der Waals surface area (Å²) >= 11 is 0. The minimum absolute atomic E-state index is 0.175. The molecule has 300 valence electrons. The zero-order valence-corrected chi connectivity index (χ0v) is 37.8. The first-order valence-corrected chi connectivity index (χ1v) is 22.4. The Kier molecular flexibility index (Phi) is 11.5. The molecule has 0 saturated heterocycles. The summed E-state index contributed by atoms with van der Waals surface area (Å²) in [6, 6.07) is 41.7. The van der Waals surface area contributed by atoms with Crippen molar-refractivity contribution in [1.82, 2.24) is 0 Å². The van der Waals surface area contributed by atoms with Crippen molar-refractivity contribution >= 4 is 27.4 Å². The number of fused-ring (bicyclic) bond motifs is 2. The molecule has 0 bridgehead atoms. The van der Waals surface area contributed by atoms with Gasteiger partial charge in [0.1, 0.15) is 34.5 Å². The highest BCUT2D eigenvalue weighted by Crippen LogP contribution is 2.55. The van der Waals surface area contributed by atoms with Crippen LogP contribution in [0.25, 0.3) is 0 Å². The van der Waals surface area contributed by atoms with Gasteiger partial charge in [0.05, 0.1) is 10.6 Å². The SMILES string of the molecule is Cc1ccc(OP(Oc2ccc(C)cc2)c2cc(C(C)(C)C)cc3c2Oc2c(P(Oc4ccc(C)cc4)Oc4ccc(C)cc4)cc(C(C)(C)C)cc2C3(C)C)cc1. The normalized spacial score (nSPS) is 13.4. The van der Waals surface area contributed by atoms with Gasteiger partial charge in [-0.1, -0.05) is 138 Å². The molecule has 5 nitrogen and oxygen atoms in total. The van der Waals surface area contributed by atoms with Crippen molar-refractivity contribution in [1.29, 1.82) is 0 Å². The average Bonchev–Trinajstić information content (AvgIpc) is 3.16. The molecule has 0 saturated carbocycles. The largest absolute Gasteiger partial charge is 0.455 e. The molecule has 0 aromatic heterocycles. The summed E-state index contributed by atoms with van der Waals surface area (Å²) in [5.74, 6) is 4.39. The van der Waals surface area contributed by atoms with Gasteiger partial charge in [-0.25, -0.2) is 0 Å². The monoisotopic (exact) mass is 810 g/mol. The molecule has 6 aromatic rings. The van der Waals surface area contributed by atoms with E-state index in [1.807, 2.05) is 48.5 Å². The van der Waals surface area contributed by atoms with Gasteiger partial charge in [0.2, 0.25) is 0 Å². The Morgan fingerprint density at radius 2 is 0.672 bits per heavy atom. The van der Waals surface area contributed by atoms with Crippen molar-refractivity contribution in [3.63, 3.8) is 0 Å². The maximum absolute atomic E-state index is 7.41. The molecule has 58 heavy (non-hydrogen) atoms. The van der Waals surface area contributed by atoms with Crippen LogP contribution in [0.3, 0.4) is 0 Å². The summed E-state index contributed by atoms with van der Waals surface area (Å²) in [6.07, 6.45) is 0. The average molecular weight is 811 g/mol. The molecule has 7 heteroatoms. The van der Waals surface area contributed by atoms with Crippen LogP contribution in [0.5, 0.6) is 34.5 Å². The topological polar surface area (TPSA) is 46.2 Å². The second kappa shape index (κ2) is 16.1. The van der Waals surface area contributed by atoms with E-state index < -0.39 is 22.2 Å². The molecule has 0 atom stereocenters. The quantitative estimate of drug-likeness (QED) is 0.129. The van der Waals surface area contributed by atoms with E-state index in [0.717, 1.165) is 78.5 Å². The highest BCUT2D eigenvalue weighted by atomic mass is 31.2. The van der Waals surface area contributed by atoms with Gasteiger partial charge >= 0.3 is 16.8 Å². The Labute approximate surface area is 348 Å². The van der Waals surface area contributed by atoms with Crippen LogP contribution in [0.1, 0.15) is 99.9 Å². The molecule has 1 aliphatic heterocycles. The molecule has 6 aromatic carbocycles. The molecule has 0 amide bonds. The van der Waals surface area contributed by atoms with Gasteiger partial charge in [0.15, 0.2) is 0 Å². The van der Waals surface area contributed by atoms with E-state index in [-0.39, 0.29) is 10.8 Å². The molecule has 7 rings (SSSR count). The van der Waals surface area contributed by atoms with Gasteiger partial charge < -0.3 is 22.8 Å². The van der Waals surface area contributed by atoms with E-state index in [9.17, 15) is 0 Å². The zero-order valence-electron chi connectivity index (χ0n) is 36.0. The van der Waals surface area contributed by atoms with Crippen LogP contribution in [-0.2, 0) is 16.2 Å². The lowest BCUT2D eigenvalue weighted by atomic mass is 9.72. The highest BCUT2D eigenvalue weighted by molar-refractivity contribution is 7.57. The van der Waals surface area contributed by atoms with Crippen molar-refractivity contribution in [3.05, 3.63) is 166 Å². The van der Waals surface area contributed by atoms with Crippen LogP contribution in [0.2, 0.25) is 0 Å². The van der Waals surface area contributed by atoms with Crippen LogP contribution < -0.4 is 33.4 Å². The van der Waals surface area contributed by atoms with Gasteiger partial charge in [-0.3, -0.25) is 0 Å². The molecule has 1 aliphatic rings. The summed E-state index contributed by atoms with van der Waals surface area (Å²) in [6.45, 7) is 26.4. The van der Waals surface area contributed by atoms with E-state index >= 15 is 0 Å². The lowest BCUT2D eigenvalue weighted by Gasteiger charge is -2.39. The second-order valence-electron chi connectivity index (χ2n) is 18.1. The maximum Gasteiger partial charge on any atom is 0.330 e.